The van der Waals surface area contributed by atoms with Gasteiger partial charge >= 0.3 is 0 Å². The van der Waals surface area contributed by atoms with Gasteiger partial charge in [0, 0.05) is 28.9 Å². The maximum atomic E-state index is 13.3. The second kappa shape index (κ2) is 4.81. The molecule has 0 aliphatic heterocycles. The van der Waals surface area contributed by atoms with Crippen molar-refractivity contribution >= 4 is 16.5 Å². The predicted octanol–water partition coefficient (Wildman–Crippen LogP) is 4.06. The van der Waals surface area contributed by atoms with Gasteiger partial charge in [-0.3, -0.25) is 4.98 Å². The summed E-state index contributed by atoms with van der Waals surface area (Å²) in [6.45, 7) is 1.70. The van der Waals surface area contributed by atoms with Crippen LogP contribution < -0.4 is 10.5 Å². The summed E-state index contributed by atoms with van der Waals surface area (Å²) in [5, 5.41) is 1.71. The lowest BCUT2D eigenvalue weighted by Crippen LogP contribution is -1.92. The van der Waals surface area contributed by atoms with Crippen LogP contribution >= 0.6 is 0 Å². The first kappa shape index (κ1) is 12.4. The lowest BCUT2D eigenvalue weighted by Gasteiger charge is -2.11. The highest BCUT2D eigenvalue weighted by Gasteiger charge is 2.07. The Morgan fingerprint density at radius 3 is 2.75 bits per heavy atom. The molecular weight excluding hydrogens is 255 g/mol. The van der Waals surface area contributed by atoms with Crippen molar-refractivity contribution in [3.8, 4) is 11.5 Å². The van der Waals surface area contributed by atoms with Gasteiger partial charge in [0.25, 0.3) is 0 Å². The van der Waals surface area contributed by atoms with Crippen molar-refractivity contribution < 1.29 is 9.13 Å². The molecule has 0 aliphatic rings. The van der Waals surface area contributed by atoms with E-state index in [2.05, 4.69) is 4.98 Å². The van der Waals surface area contributed by atoms with E-state index in [1.807, 2.05) is 6.07 Å². The van der Waals surface area contributed by atoms with Gasteiger partial charge in [0.15, 0.2) is 0 Å². The normalized spacial score (nSPS) is 10.7. The second-order valence-corrected chi connectivity index (χ2v) is 4.59. The number of halogens is 1. The minimum Gasteiger partial charge on any atom is -0.457 e. The number of nitrogens with zero attached hydrogens (tertiary/aromatic N) is 1. The van der Waals surface area contributed by atoms with Crippen molar-refractivity contribution in [2.75, 3.05) is 5.73 Å². The molecule has 0 aliphatic carbocycles. The Morgan fingerprint density at radius 1 is 1.10 bits per heavy atom. The van der Waals surface area contributed by atoms with E-state index in [0.29, 0.717) is 22.7 Å². The number of ether oxygens (including phenoxy) is 1. The van der Waals surface area contributed by atoms with Crippen molar-refractivity contribution in [3.63, 3.8) is 0 Å². The Labute approximate surface area is 115 Å². The third kappa shape index (κ3) is 2.16. The number of benzene rings is 2. The van der Waals surface area contributed by atoms with Crippen LogP contribution in [0.15, 0.2) is 48.8 Å². The average molecular weight is 268 g/mol. The van der Waals surface area contributed by atoms with Gasteiger partial charge in [-0.05, 0) is 48.9 Å². The number of rotatable bonds is 2. The smallest absolute Gasteiger partial charge is 0.135 e. The minimum atomic E-state index is -0.247. The van der Waals surface area contributed by atoms with Crippen LogP contribution in [0.5, 0.6) is 11.5 Å². The van der Waals surface area contributed by atoms with Crippen LogP contribution in [0.4, 0.5) is 10.1 Å². The van der Waals surface area contributed by atoms with E-state index in [9.17, 15) is 4.39 Å². The zero-order valence-electron chi connectivity index (χ0n) is 10.9. The highest BCUT2D eigenvalue weighted by molar-refractivity contribution is 5.96. The summed E-state index contributed by atoms with van der Waals surface area (Å²) in [5.74, 6) is 1.01. The summed E-state index contributed by atoms with van der Waals surface area (Å²) in [6, 6.07) is 10.1. The molecule has 1 aromatic heterocycles. The number of hydrogen-bond acceptors (Lipinski definition) is 3. The molecule has 0 saturated carbocycles. The summed E-state index contributed by atoms with van der Waals surface area (Å²) < 4.78 is 19.1. The quantitative estimate of drug-likeness (QED) is 0.713. The van der Waals surface area contributed by atoms with Crippen molar-refractivity contribution in [2.45, 2.75) is 6.92 Å². The summed E-state index contributed by atoms with van der Waals surface area (Å²) in [5.41, 5.74) is 7.11. The number of aryl methyl sites for hydroxylation is 1. The zero-order valence-corrected chi connectivity index (χ0v) is 10.9. The molecule has 100 valence electrons. The third-order valence-electron chi connectivity index (χ3n) is 3.17. The second-order valence-electron chi connectivity index (χ2n) is 4.59. The fraction of sp³-hybridized carbons (Fsp3) is 0.0625. The van der Waals surface area contributed by atoms with Gasteiger partial charge in [-0.2, -0.15) is 0 Å². The first-order valence-electron chi connectivity index (χ1n) is 6.21. The monoisotopic (exact) mass is 268 g/mol. The maximum Gasteiger partial charge on any atom is 0.135 e. The Bertz CT molecular complexity index is 787. The van der Waals surface area contributed by atoms with E-state index in [1.165, 1.54) is 6.07 Å². The van der Waals surface area contributed by atoms with Gasteiger partial charge < -0.3 is 10.5 Å². The van der Waals surface area contributed by atoms with Crippen LogP contribution in [-0.4, -0.2) is 4.98 Å². The van der Waals surface area contributed by atoms with Crippen LogP contribution in [0.2, 0.25) is 0 Å². The molecule has 2 N–H and O–H groups in total. The number of aromatic nitrogens is 1. The Balaban J connectivity index is 2.06. The minimum absolute atomic E-state index is 0.247. The molecule has 0 fully saturated rings. The molecule has 0 saturated heterocycles. The highest BCUT2D eigenvalue weighted by atomic mass is 19.1. The Kier molecular flexibility index (Phi) is 2.99. The average Bonchev–Trinajstić information content (AvgIpc) is 2.46. The number of anilines is 1. The number of pyridine rings is 1. The Hall–Kier alpha value is -2.62. The van der Waals surface area contributed by atoms with Crippen molar-refractivity contribution in [1.82, 2.24) is 4.98 Å². The number of nitrogens with two attached hydrogens (primary N) is 1. The molecule has 0 radical (unpaired) electrons. The van der Waals surface area contributed by atoms with Crippen LogP contribution in [0, 0.1) is 12.7 Å². The SMILES string of the molecule is Cc1cc(Oc2ccc(N)c3cnccc23)ccc1F. The van der Waals surface area contributed by atoms with E-state index in [1.54, 1.807) is 43.6 Å². The topological polar surface area (TPSA) is 48.1 Å². The molecular formula is C16H13FN2O. The molecule has 0 unspecified atom stereocenters. The van der Waals surface area contributed by atoms with Gasteiger partial charge in [-0.15, -0.1) is 0 Å². The predicted molar refractivity (Wildman–Crippen MR) is 77.4 cm³/mol. The standard InChI is InChI=1S/C16H13FN2O/c1-10-8-11(2-3-14(10)17)20-16-5-4-15(18)13-9-19-7-6-12(13)16/h2-9H,18H2,1H3. The van der Waals surface area contributed by atoms with Crippen LogP contribution in [0.1, 0.15) is 5.56 Å². The van der Waals surface area contributed by atoms with Gasteiger partial charge in [-0.1, -0.05) is 0 Å². The van der Waals surface area contributed by atoms with E-state index in [0.717, 1.165) is 10.8 Å². The highest BCUT2D eigenvalue weighted by Crippen LogP contribution is 2.33. The van der Waals surface area contributed by atoms with Crippen molar-refractivity contribution in [1.29, 1.82) is 0 Å². The summed E-state index contributed by atoms with van der Waals surface area (Å²) in [6.07, 6.45) is 3.39. The fourth-order valence-electron chi connectivity index (χ4n) is 2.08. The first-order valence-corrected chi connectivity index (χ1v) is 6.21. The molecule has 3 nitrogen and oxygen atoms in total. The number of nitrogen functional groups attached to an aromatic ring is 1. The summed E-state index contributed by atoms with van der Waals surface area (Å²) in [4.78, 5) is 4.06. The van der Waals surface area contributed by atoms with E-state index in [-0.39, 0.29) is 5.82 Å². The lowest BCUT2D eigenvalue weighted by molar-refractivity contribution is 0.485. The molecule has 2 aromatic carbocycles. The number of hydrogen-bond donors (Lipinski definition) is 1. The molecule has 0 amide bonds. The van der Waals surface area contributed by atoms with Crippen molar-refractivity contribution in [2.24, 2.45) is 0 Å². The number of fused-ring (bicyclic) bond motifs is 1. The van der Waals surface area contributed by atoms with Crippen LogP contribution in [0.25, 0.3) is 10.8 Å². The van der Waals surface area contributed by atoms with Gasteiger partial charge in [0.05, 0.1) is 0 Å². The summed E-state index contributed by atoms with van der Waals surface area (Å²) >= 11 is 0. The molecule has 20 heavy (non-hydrogen) atoms. The first-order chi connectivity index (χ1) is 9.65. The molecule has 3 rings (SSSR count). The molecule has 1 heterocycles. The maximum absolute atomic E-state index is 13.3. The summed E-state index contributed by atoms with van der Waals surface area (Å²) in [7, 11) is 0. The van der Waals surface area contributed by atoms with E-state index in [4.69, 9.17) is 10.5 Å². The molecule has 4 heteroatoms. The van der Waals surface area contributed by atoms with E-state index < -0.39 is 0 Å². The zero-order chi connectivity index (χ0) is 14.1. The van der Waals surface area contributed by atoms with Gasteiger partial charge in [0.1, 0.15) is 17.3 Å². The molecule has 0 bridgehead atoms. The molecule has 0 spiro atoms. The lowest BCUT2D eigenvalue weighted by atomic mass is 10.1. The van der Waals surface area contributed by atoms with E-state index >= 15 is 0 Å². The third-order valence-corrected chi connectivity index (χ3v) is 3.17. The van der Waals surface area contributed by atoms with Crippen molar-refractivity contribution in [3.05, 3.63) is 60.2 Å². The fourth-order valence-corrected chi connectivity index (χ4v) is 2.08. The van der Waals surface area contributed by atoms with Crippen LogP contribution in [0.3, 0.4) is 0 Å². The Morgan fingerprint density at radius 2 is 1.95 bits per heavy atom. The molecule has 0 atom stereocenters. The van der Waals surface area contributed by atoms with Crippen LogP contribution in [-0.2, 0) is 0 Å². The molecule has 3 aromatic rings. The van der Waals surface area contributed by atoms with Gasteiger partial charge in [0.2, 0.25) is 0 Å². The van der Waals surface area contributed by atoms with Gasteiger partial charge in [-0.25, -0.2) is 4.39 Å². The largest absolute Gasteiger partial charge is 0.457 e.